The van der Waals surface area contributed by atoms with E-state index in [1.807, 2.05) is 18.2 Å². The first kappa shape index (κ1) is 20.3. The highest BCUT2D eigenvalue weighted by atomic mass is 32.2. The van der Waals surface area contributed by atoms with Gasteiger partial charge in [0.2, 0.25) is 15.9 Å². The van der Waals surface area contributed by atoms with Crippen molar-refractivity contribution in [1.82, 2.24) is 9.21 Å². The number of hydrogen-bond acceptors (Lipinski definition) is 5. The molecule has 2 aromatic carbocycles. The van der Waals surface area contributed by atoms with Crippen LogP contribution in [-0.2, 0) is 14.8 Å². The fraction of sp³-hybridized carbons (Fsp3) is 0.350. The van der Waals surface area contributed by atoms with Gasteiger partial charge in [0.1, 0.15) is 0 Å². The molecular formula is C20H26N4O3S. The number of nitrogens with one attached hydrogen (secondary N) is 1. The summed E-state index contributed by atoms with van der Waals surface area (Å²) in [5.41, 5.74) is 1.68. The Morgan fingerprint density at radius 2 is 1.68 bits per heavy atom. The maximum atomic E-state index is 12.4. The number of benzene rings is 2. The Labute approximate surface area is 166 Å². The molecule has 0 spiro atoms. The third-order valence-electron chi connectivity index (χ3n) is 4.76. The normalized spacial score (nSPS) is 15.6. The maximum absolute atomic E-state index is 12.4. The van der Waals surface area contributed by atoms with Gasteiger partial charge in [0, 0.05) is 51.6 Å². The average molecular weight is 403 g/mol. The standard InChI is InChI=1S/C20H26N4O3S/c1-22(2)28(26,27)19-10-6-7-17(15-19)21-20(25)16-23-11-13-24(14-12-23)18-8-4-3-5-9-18/h3-10,15H,11-14,16H2,1-2H3,(H,21,25). The topological polar surface area (TPSA) is 73.0 Å². The minimum Gasteiger partial charge on any atom is -0.369 e. The molecule has 1 aliphatic rings. The molecule has 0 atom stereocenters. The molecule has 1 fully saturated rings. The molecule has 2 aromatic rings. The number of carbonyl (C=O) groups is 1. The lowest BCUT2D eigenvalue weighted by molar-refractivity contribution is -0.117. The van der Waals surface area contributed by atoms with Gasteiger partial charge in [-0.2, -0.15) is 0 Å². The largest absolute Gasteiger partial charge is 0.369 e. The summed E-state index contributed by atoms with van der Waals surface area (Å²) in [5.74, 6) is -0.146. The maximum Gasteiger partial charge on any atom is 0.242 e. The molecule has 1 aliphatic heterocycles. The zero-order valence-electron chi connectivity index (χ0n) is 16.2. The molecule has 1 saturated heterocycles. The second-order valence-corrected chi connectivity index (χ2v) is 9.11. The van der Waals surface area contributed by atoms with E-state index in [4.69, 9.17) is 0 Å². The summed E-state index contributed by atoms with van der Waals surface area (Å²) in [5, 5.41) is 2.81. The third-order valence-corrected chi connectivity index (χ3v) is 6.57. The Bertz CT molecular complexity index is 908. The predicted molar refractivity (Wildman–Crippen MR) is 111 cm³/mol. The summed E-state index contributed by atoms with van der Waals surface area (Å²) in [6.45, 7) is 3.63. The van der Waals surface area contributed by atoms with Crippen LogP contribution >= 0.6 is 0 Å². The van der Waals surface area contributed by atoms with Crippen molar-refractivity contribution >= 4 is 27.3 Å². The lowest BCUT2D eigenvalue weighted by Gasteiger charge is -2.35. The third kappa shape index (κ3) is 4.89. The molecular weight excluding hydrogens is 376 g/mol. The van der Waals surface area contributed by atoms with Gasteiger partial charge in [0.25, 0.3) is 0 Å². The van der Waals surface area contributed by atoms with Crippen LogP contribution in [0.15, 0.2) is 59.5 Å². The van der Waals surface area contributed by atoms with Crippen LogP contribution in [0.3, 0.4) is 0 Å². The Kier molecular flexibility index (Phi) is 6.33. The lowest BCUT2D eigenvalue weighted by Crippen LogP contribution is -2.48. The average Bonchev–Trinajstić information content (AvgIpc) is 2.69. The molecule has 0 aromatic heterocycles. The Hall–Kier alpha value is -2.42. The van der Waals surface area contributed by atoms with Crippen LogP contribution in [0, 0.1) is 0 Å². The van der Waals surface area contributed by atoms with Crippen molar-refractivity contribution in [2.75, 3.05) is 57.0 Å². The van der Waals surface area contributed by atoms with Crippen LogP contribution in [0.25, 0.3) is 0 Å². The molecule has 0 aliphatic carbocycles. The van der Waals surface area contributed by atoms with Crippen molar-refractivity contribution in [1.29, 1.82) is 0 Å². The van der Waals surface area contributed by atoms with E-state index in [9.17, 15) is 13.2 Å². The summed E-state index contributed by atoms with van der Waals surface area (Å²) in [7, 11) is -0.565. The van der Waals surface area contributed by atoms with Crippen LogP contribution in [0.1, 0.15) is 0 Å². The van der Waals surface area contributed by atoms with Gasteiger partial charge in [-0.05, 0) is 30.3 Å². The van der Waals surface area contributed by atoms with Crippen molar-refractivity contribution in [3.63, 3.8) is 0 Å². The number of nitrogens with zero attached hydrogens (tertiary/aromatic N) is 3. The summed E-state index contributed by atoms with van der Waals surface area (Å²) >= 11 is 0. The Morgan fingerprint density at radius 3 is 2.32 bits per heavy atom. The second kappa shape index (κ2) is 8.72. The number of para-hydroxylation sites is 1. The summed E-state index contributed by atoms with van der Waals surface area (Å²) in [4.78, 5) is 17.0. The van der Waals surface area contributed by atoms with Gasteiger partial charge in [-0.3, -0.25) is 9.69 Å². The summed E-state index contributed by atoms with van der Waals surface area (Å²) in [6, 6.07) is 16.6. The van der Waals surface area contributed by atoms with E-state index in [0.29, 0.717) is 5.69 Å². The lowest BCUT2D eigenvalue weighted by atomic mass is 10.2. The molecule has 1 N–H and O–H groups in total. The molecule has 1 amide bonds. The zero-order chi connectivity index (χ0) is 20.1. The van der Waals surface area contributed by atoms with E-state index in [1.165, 1.54) is 31.9 Å². The molecule has 150 valence electrons. The van der Waals surface area contributed by atoms with Crippen LogP contribution in [-0.4, -0.2) is 70.3 Å². The van der Waals surface area contributed by atoms with E-state index in [-0.39, 0.29) is 17.3 Å². The molecule has 0 unspecified atom stereocenters. The van der Waals surface area contributed by atoms with Crippen LogP contribution in [0.5, 0.6) is 0 Å². The molecule has 1 heterocycles. The van der Waals surface area contributed by atoms with Gasteiger partial charge < -0.3 is 10.2 Å². The number of anilines is 2. The zero-order valence-corrected chi connectivity index (χ0v) is 17.0. The molecule has 3 rings (SSSR count). The molecule has 8 heteroatoms. The van der Waals surface area contributed by atoms with Gasteiger partial charge in [-0.15, -0.1) is 0 Å². The van der Waals surface area contributed by atoms with Crippen molar-refractivity contribution in [2.45, 2.75) is 4.90 Å². The molecule has 28 heavy (non-hydrogen) atoms. The van der Waals surface area contributed by atoms with E-state index in [0.717, 1.165) is 30.5 Å². The highest BCUT2D eigenvalue weighted by Gasteiger charge is 2.20. The SMILES string of the molecule is CN(C)S(=O)(=O)c1cccc(NC(=O)CN2CCN(c3ccccc3)CC2)c1. The van der Waals surface area contributed by atoms with E-state index < -0.39 is 10.0 Å². The first-order chi connectivity index (χ1) is 13.4. The van der Waals surface area contributed by atoms with Gasteiger partial charge in [0.05, 0.1) is 11.4 Å². The highest BCUT2D eigenvalue weighted by Crippen LogP contribution is 2.18. The minimum absolute atomic E-state index is 0.146. The van der Waals surface area contributed by atoms with Gasteiger partial charge in [-0.1, -0.05) is 24.3 Å². The van der Waals surface area contributed by atoms with Crippen LogP contribution < -0.4 is 10.2 Å². The Morgan fingerprint density at radius 1 is 1.00 bits per heavy atom. The quantitative estimate of drug-likeness (QED) is 0.796. The summed E-state index contributed by atoms with van der Waals surface area (Å²) in [6.07, 6.45) is 0. The van der Waals surface area contributed by atoms with Gasteiger partial charge in [0.15, 0.2) is 0 Å². The fourth-order valence-corrected chi connectivity index (χ4v) is 4.10. The smallest absolute Gasteiger partial charge is 0.242 e. The monoisotopic (exact) mass is 402 g/mol. The van der Waals surface area contributed by atoms with E-state index >= 15 is 0 Å². The Balaban J connectivity index is 1.54. The minimum atomic E-state index is -3.53. The number of hydrogen-bond donors (Lipinski definition) is 1. The van der Waals surface area contributed by atoms with Crippen molar-refractivity contribution < 1.29 is 13.2 Å². The van der Waals surface area contributed by atoms with Gasteiger partial charge >= 0.3 is 0 Å². The number of piperazine rings is 1. The summed E-state index contributed by atoms with van der Waals surface area (Å²) < 4.78 is 25.6. The van der Waals surface area contributed by atoms with E-state index in [2.05, 4.69) is 27.2 Å². The first-order valence-corrected chi connectivity index (χ1v) is 10.6. The van der Waals surface area contributed by atoms with Crippen molar-refractivity contribution in [3.05, 3.63) is 54.6 Å². The number of sulfonamides is 1. The van der Waals surface area contributed by atoms with Crippen molar-refractivity contribution in [2.24, 2.45) is 0 Å². The second-order valence-electron chi connectivity index (χ2n) is 6.96. The van der Waals surface area contributed by atoms with Crippen LogP contribution in [0.2, 0.25) is 0 Å². The number of amides is 1. The highest BCUT2D eigenvalue weighted by molar-refractivity contribution is 7.89. The van der Waals surface area contributed by atoms with E-state index in [1.54, 1.807) is 12.1 Å². The first-order valence-electron chi connectivity index (χ1n) is 9.21. The van der Waals surface area contributed by atoms with Crippen molar-refractivity contribution in [3.8, 4) is 0 Å². The molecule has 0 radical (unpaired) electrons. The molecule has 0 bridgehead atoms. The van der Waals surface area contributed by atoms with Gasteiger partial charge in [-0.25, -0.2) is 12.7 Å². The number of rotatable bonds is 6. The molecule has 7 nitrogen and oxygen atoms in total. The van der Waals surface area contributed by atoms with Crippen LogP contribution in [0.4, 0.5) is 11.4 Å². The fourth-order valence-electron chi connectivity index (χ4n) is 3.15. The molecule has 0 saturated carbocycles. The number of carbonyl (C=O) groups excluding carboxylic acids is 1. The predicted octanol–water partition coefficient (Wildman–Crippen LogP) is 1.70.